The van der Waals surface area contributed by atoms with Crippen LogP contribution >= 0.6 is 0 Å². The van der Waals surface area contributed by atoms with Crippen LogP contribution in [0.3, 0.4) is 0 Å². The molecule has 0 amide bonds. The first kappa shape index (κ1) is 16.7. The van der Waals surface area contributed by atoms with Crippen LogP contribution in [0.2, 0.25) is 0 Å². The van der Waals surface area contributed by atoms with Gasteiger partial charge in [-0.25, -0.2) is 4.98 Å². The summed E-state index contributed by atoms with van der Waals surface area (Å²) >= 11 is 0. The van der Waals surface area contributed by atoms with Crippen molar-refractivity contribution in [1.29, 1.82) is 0 Å². The number of hydrogen-bond acceptors (Lipinski definition) is 4. The van der Waals surface area contributed by atoms with E-state index in [1.165, 1.54) is 57.0 Å². The van der Waals surface area contributed by atoms with Gasteiger partial charge in [0.25, 0.3) is 0 Å². The SMILES string of the molecule is Cc1cccc(CN2CCCC3(CCN(Cc4nccn4C)C3)C2)n1. The number of rotatable bonds is 4. The minimum absolute atomic E-state index is 0.466. The van der Waals surface area contributed by atoms with Gasteiger partial charge >= 0.3 is 0 Å². The Kier molecular flexibility index (Phi) is 4.61. The fraction of sp³-hybridized carbons (Fsp3) is 0.600. The molecule has 0 saturated carbocycles. The fourth-order valence-corrected chi connectivity index (χ4v) is 4.61. The largest absolute Gasteiger partial charge is 0.337 e. The molecule has 0 bridgehead atoms. The molecule has 2 aromatic heterocycles. The Balaban J connectivity index is 1.38. The molecule has 25 heavy (non-hydrogen) atoms. The second kappa shape index (κ2) is 6.89. The molecule has 1 atom stereocenters. The second-order valence-electron chi connectivity index (χ2n) is 8.00. The van der Waals surface area contributed by atoms with Gasteiger partial charge in [0.2, 0.25) is 0 Å². The maximum Gasteiger partial charge on any atom is 0.122 e. The van der Waals surface area contributed by atoms with Crippen LogP contribution in [0.1, 0.15) is 36.5 Å². The Labute approximate surface area is 150 Å². The molecule has 134 valence electrons. The van der Waals surface area contributed by atoms with Gasteiger partial charge in [-0.2, -0.15) is 0 Å². The molecule has 0 N–H and O–H groups in total. The highest BCUT2D eigenvalue weighted by Gasteiger charge is 2.41. The van der Waals surface area contributed by atoms with E-state index in [2.05, 4.69) is 51.5 Å². The zero-order chi connectivity index (χ0) is 17.3. The second-order valence-corrected chi connectivity index (χ2v) is 8.00. The van der Waals surface area contributed by atoms with Gasteiger partial charge < -0.3 is 4.57 Å². The van der Waals surface area contributed by atoms with Gasteiger partial charge in [0.1, 0.15) is 5.82 Å². The van der Waals surface area contributed by atoms with E-state index in [0.29, 0.717) is 5.41 Å². The molecule has 4 rings (SSSR count). The van der Waals surface area contributed by atoms with Crippen molar-refractivity contribution in [1.82, 2.24) is 24.3 Å². The molecule has 5 nitrogen and oxygen atoms in total. The highest BCUT2D eigenvalue weighted by molar-refractivity contribution is 5.10. The van der Waals surface area contributed by atoms with Crippen molar-refractivity contribution in [3.05, 3.63) is 47.8 Å². The van der Waals surface area contributed by atoms with Gasteiger partial charge in [-0.05, 0) is 56.8 Å². The number of imidazole rings is 1. The molecule has 2 saturated heterocycles. The first-order chi connectivity index (χ1) is 12.1. The molecule has 2 fully saturated rings. The Morgan fingerprint density at radius 3 is 2.68 bits per heavy atom. The molecule has 2 aliphatic rings. The topological polar surface area (TPSA) is 37.2 Å². The molecular formula is C20H29N5. The highest BCUT2D eigenvalue weighted by atomic mass is 15.2. The normalized spacial score (nSPS) is 25.0. The van der Waals surface area contributed by atoms with Gasteiger partial charge in [0, 0.05) is 44.8 Å². The van der Waals surface area contributed by atoms with E-state index in [-0.39, 0.29) is 0 Å². The van der Waals surface area contributed by atoms with Crippen molar-refractivity contribution >= 4 is 0 Å². The van der Waals surface area contributed by atoms with Crippen molar-refractivity contribution in [2.45, 2.75) is 39.3 Å². The quantitative estimate of drug-likeness (QED) is 0.858. The number of pyridine rings is 1. The van der Waals surface area contributed by atoms with Crippen molar-refractivity contribution < 1.29 is 0 Å². The molecular weight excluding hydrogens is 310 g/mol. The van der Waals surface area contributed by atoms with Crippen molar-refractivity contribution in [3.63, 3.8) is 0 Å². The third-order valence-electron chi connectivity index (χ3n) is 5.88. The summed E-state index contributed by atoms with van der Waals surface area (Å²) in [5, 5.41) is 0. The summed E-state index contributed by atoms with van der Waals surface area (Å²) < 4.78 is 2.14. The fourth-order valence-electron chi connectivity index (χ4n) is 4.61. The van der Waals surface area contributed by atoms with Crippen LogP contribution in [0, 0.1) is 12.3 Å². The molecule has 1 spiro atoms. The summed E-state index contributed by atoms with van der Waals surface area (Å²) in [4.78, 5) is 14.4. The van der Waals surface area contributed by atoms with Crippen LogP contribution < -0.4 is 0 Å². The molecule has 4 heterocycles. The van der Waals surface area contributed by atoms with Gasteiger partial charge in [-0.1, -0.05) is 6.07 Å². The van der Waals surface area contributed by atoms with Gasteiger partial charge in [-0.15, -0.1) is 0 Å². The number of piperidine rings is 1. The molecule has 2 aromatic rings. The average molecular weight is 339 g/mol. The minimum atomic E-state index is 0.466. The lowest BCUT2D eigenvalue weighted by Crippen LogP contribution is -2.44. The molecule has 5 heteroatoms. The van der Waals surface area contributed by atoms with E-state index in [4.69, 9.17) is 4.98 Å². The molecule has 2 aliphatic heterocycles. The third-order valence-corrected chi connectivity index (χ3v) is 5.88. The lowest BCUT2D eigenvalue weighted by Gasteiger charge is -2.40. The Morgan fingerprint density at radius 2 is 1.92 bits per heavy atom. The van der Waals surface area contributed by atoms with E-state index < -0.39 is 0 Å². The third kappa shape index (κ3) is 3.77. The maximum absolute atomic E-state index is 4.69. The number of nitrogens with zero attached hydrogens (tertiary/aromatic N) is 5. The minimum Gasteiger partial charge on any atom is -0.337 e. The summed E-state index contributed by atoms with van der Waals surface area (Å²) in [5.74, 6) is 1.17. The molecule has 0 aliphatic carbocycles. The maximum atomic E-state index is 4.69. The first-order valence-corrected chi connectivity index (χ1v) is 9.45. The monoisotopic (exact) mass is 339 g/mol. The molecule has 0 aromatic carbocycles. The zero-order valence-corrected chi connectivity index (χ0v) is 15.5. The van der Waals surface area contributed by atoms with Crippen molar-refractivity contribution in [2.24, 2.45) is 12.5 Å². The average Bonchev–Trinajstić information content (AvgIpc) is 3.15. The summed E-state index contributed by atoms with van der Waals surface area (Å²) in [7, 11) is 2.09. The van der Waals surface area contributed by atoms with Crippen LogP contribution in [-0.4, -0.2) is 50.5 Å². The van der Waals surface area contributed by atoms with Gasteiger partial charge in [-0.3, -0.25) is 14.8 Å². The summed E-state index contributed by atoms with van der Waals surface area (Å²) in [5.41, 5.74) is 2.79. The van der Waals surface area contributed by atoms with E-state index in [1.54, 1.807) is 0 Å². The Morgan fingerprint density at radius 1 is 1.08 bits per heavy atom. The summed E-state index contributed by atoms with van der Waals surface area (Å²) in [6.45, 7) is 8.86. The highest BCUT2D eigenvalue weighted by Crippen LogP contribution is 2.39. The van der Waals surface area contributed by atoms with E-state index in [9.17, 15) is 0 Å². The van der Waals surface area contributed by atoms with Crippen molar-refractivity contribution in [3.8, 4) is 0 Å². The van der Waals surface area contributed by atoms with Crippen LogP contribution in [-0.2, 0) is 20.1 Å². The predicted molar refractivity (Wildman–Crippen MR) is 99.0 cm³/mol. The number of hydrogen-bond donors (Lipinski definition) is 0. The summed E-state index contributed by atoms with van der Waals surface area (Å²) in [6.07, 6.45) is 7.93. The lowest BCUT2D eigenvalue weighted by atomic mass is 9.79. The Bertz CT molecular complexity index is 724. The van der Waals surface area contributed by atoms with E-state index >= 15 is 0 Å². The van der Waals surface area contributed by atoms with Gasteiger partial charge in [0.15, 0.2) is 0 Å². The zero-order valence-electron chi connectivity index (χ0n) is 15.5. The van der Waals surface area contributed by atoms with E-state index in [1.807, 2.05) is 12.4 Å². The summed E-state index contributed by atoms with van der Waals surface area (Å²) in [6, 6.07) is 6.37. The number of aromatic nitrogens is 3. The lowest BCUT2D eigenvalue weighted by molar-refractivity contribution is 0.0853. The van der Waals surface area contributed by atoms with Crippen LogP contribution in [0.25, 0.3) is 0 Å². The van der Waals surface area contributed by atoms with Crippen LogP contribution in [0.4, 0.5) is 0 Å². The first-order valence-electron chi connectivity index (χ1n) is 9.45. The number of aryl methyl sites for hydroxylation is 2. The van der Waals surface area contributed by atoms with E-state index in [0.717, 1.165) is 18.8 Å². The number of likely N-dealkylation sites (tertiary alicyclic amines) is 2. The molecule has 1 unspecified atom stereocenters. The molecule has 0 radical (unpaired) electrons. The Hall–Kier alpha value is -1.72. The van der Waals surface area contributed by atoms with Crippen LogP contribution in [0.15, 0.2) is 30.6 Å². The van der Waals surface area contributed by atoms with Gasteiger partial charge in [0.05, 0.1) is 12.2 Å². The van der Waals surface area contributed by atoms with Crippen molar-refractivity contribution in [2.75, 3.05) is 26.2 Å². The van der Waals surface area contributed by atoms with Crippen LogP contribution in [0.5, 0.6) is 0 Å². The standard InChI is InChI=1S/C20H29N5/c1-17-5-3-6-18(22-17)13-24-10-4-7-20(15-24)8-11-25(16-20)14-19-21-9-12-23(19)2/h3,5-6,9,12H,4,7-8,10-11,13-16H2,1-2H3. The smallest absolute Gasteiger partial charge is 0.122 e. The predicted octanol–water partition coefficient (Wildman–Crippen LogP) is 2.61.